The summed E-state index contributed by atoms with van der Waals surface area (Å²) in [6, 6.07) is 2.12. The largest absolute Gasteiger partial charge is 0.198 e. The molecule has 1 nitrogen and oxygen atoms in total. The maximum absolute atomic E-state index is 8.23. The van der Waals surface area contributed by atoms with Gasteiger partial charge in [0.2, 0.25) is 0 Å². The van der Waals surface area contributed by atoms with Crippen molar-refractivity contribution in [3.8, 4) is 6.07 Å². The van der Waals surface area contributed by atoms with Gasteiger partial charge in [0.1, 0.15) is 0 Å². The van der Waals surface area contributed by atoms with E-state index in [4.69, 9.17) is 5.26 Å². The van der Waals surface area contributed by atoms with E-state index in [1.165, 1.54) is 0 Å². The fourth-order valence-corrected chi connectivity index (χ4v) is 0.601. The lowest BCUT2D eigenvalue weighted by atomic mass is 10.1. The Hall–Kier alpha value is -0.160. The molecule has 0 rings (SSSR count). The molecule has 0 aromatic carbocycles. The molecule has 0 N–H and O–H groups in total. The van der Waals surface area contributed by atoms with Crippen LogP contribution >= 0.6 is 12.6 Å². The minimum atomic E-state index is 0.156. The van der Waals surface area contributed by atoms with Crippen LogP contribution in [0.1, 0.15) is 13.3 Å². The number of hydrogen-bond acceptors (Lipinski definition) is 2. The van der Waals surface area contributed by atoms with Crippen LogP contribution in [0.3, 0.4) is 0 Å². The first-order valence-corrected chi connectivity index (χ1v) is 2.98. The van der Waals surface area contributed by atoms with E-state index >= 15 is 0 Å². The summed E-state index contributed by atoms with van der Waals surface area (Å²) in [5.74, 6) is 0.843. The Morgan fingerprint density at radius 3 is 2.43 bits per heavy atom. The van der Waals surface area contributed by atoms with Crippen molar-refractivity contribution >= 4 is 12.6 Å². The molecule has 1 atom stereocenters. The molecule has 0 spiro atoms. The van der Waals surface area contributed by atoms with Crippen molar-refractivity contribution < 1.29 is 0 Å². The number of nitriles is 1. The minimum Gasteiger partial charge on any atom is -0.198 e. The van der Waals surface area contributed by atoms with E-state index in [-0.39, 0.29) is 5.92 Å². The predicted molar refractivity (Wildman–Crippen MR) is 33.2 cm³/mol. The van der Waals surface area contributed by atoms with Crippen molar-refractivity contribution in [3.05, 3.63) is 0 Å². The van der Waals surface area contributed by atoms with Gasteiger partial charge in [-0.3, -0.25) is 0 Å². The average molecular weight is 115 g/mol. The molecule has 0 aromatic heterocycles. The highest BCUT2D eigenvalue weighted by atomic mass is 32.1. The molecule has 0 aliphatic carbocycles. The fourth-order valence-electron chi connectivity index (χ4n) is 0.261. The molecule has 0 radical (unpaired) electrons. The van der Waals surface area contributed by atoms with Crippen LogP contribution in [0, 0.1) is 17.2 Å². The lowest BCUT2D eigenvalue weighted by Crippen LogP contribution is -1.93. The highest BCUT2D eigenvalue weighted by Gasteiger charge is 1.97. The number of thiol groups is 1. The van der Waals surface area contributed by atoms with Crippen LogP contribution in [0.4, 0.5) is 0 Å². The molecule has 0 aromatic rings. The van der Waals surface area contributed by atoms with E-state index in [0.29, 0.717) is 5.75 Å². The van der Waals surface area contributed by atoms with E-state index in [1.807, 2.05) is 6.92 Å². The third-order valence-corrected chi connectivity index (χ3v) is 1.34. The molecular formula is C5H9NS. The third-order valence-electron chi connectivity index (χ3n) is 0.896. The molecule has 0 bridgehead atoms. The number of rotatable bonds is 2. The zero-order chi connectivity index (χ0) is 5.70. The molecule has 0 saturated heterocycles. The highest BCUT2D eigenvalue weighted by molar-refractivity contribution is 7.80. The second-order valence-corrected chi connectivity index (χ2v) is 1.78. The van der Waals surface area contributed by atoms with Gasteiger partial charge < -0.3 is 0 Å². The Kier molecular flexibility index (Phi) is 3.92. The molecule has 0 fully saturated rings. The van der Waals surface area contributed by atoms with Crippen LogP contribution in [0.15, 0.2) is 0 Å². The Bertz CT molecular complexity index is 70.6. The van der Waals surface area contributed by atoms with E-state index in [2.05, 4.69) is 18.7 Å². The quantitative estimate of drug-likeness (QED) is 0.541. The minimum absolute atomic E-state index is 0.156. The maximum atomic E-state index is 8.23. The molecule has 1 unspecified atom stereocenters. The molecule has 0 heterocycles. The van der Waals surface area contributed by atoms with Gasteiger partial charge in [0.25, 0.3) is 0 Å². The van der Waals surface area contributed by atoms with Crippen molar-refractivity contribution in [3.63, 3.8) is 0 Å². The first-order valence-electron chi connectivity index (χ1n) is 2.35. The zero-order valence-electron chi connectivity index (χ0n) is 4.39. The fraction of sp³-hybridized carbons (Fsp3) is 0.800. The summed E-state index contributed by atoms with van der Waals surface area (Å²) in [4.78, 5) is 0. The van der Waals surface area contributed by atoms with E-state index in [1.54, 1.807) is 0 Å². The Labute approximate surface area is 49.7 Å². The molecule has 0 saturated carbocycles. The summed E-state index contributed by atoms with van der Waals surface area (Å²) in [5, 5.41) is 8.23. The molecule has 0 aliphatic rings. The van der Waals surface area contributed by atoms with E-state index < -0.39 is 0 Å². The van der Waals surface area contributed by atoms with Gasteiger partial charge in [-0.1, -0.05) is 6.92 Å². The van der Waals surface area contributed by atoms with Crippen molar-refractivity contribution in [2.24, 2.45) is 5.92 Å². The van der Waals surface area contributed by atoms with Crippen LogP contribution < -0.4 is 0 Å². The van der Waals surface area contributed by atoms with Crippen LogP contribution in [-0.4, -0.2) is 5.75 Å². The highest BCUT2D eigenvalue weighted by Crippen LogP contribution is 2.00. The normalized spacial score (nSPS) is 12.7. The van der Waals surface area contributed by atoms with E-state index in [0.717, 1.165) is 6.42 Å². The molecule has 0 aliphatic heterocycles. The molecule has 40 valence electrons. The summed E-state index contributed by atoms with van der Waals surface area (Å²) in [6.07, 6.45) is 0.917. The average Bonchev–Trinajstić information content (AvgIpc) is 1.72. The van der Waals surface area contributed by atoms with Crippen molar-refractivity contribution in [2.75, 3.05) is 5.75 Å². The monoisotopic (exact) mass is 115 g/mol. The molecule has 0 amide bonds. The summed E-state index contributed by atoms with van der Waals surface area (Å²) in [6.45, 7) is 1.99. The van der Waals surface area contributed by atoms with Gasteiger partial charge in [-0.15, -0.1) is 0 Å². The Balaban J connectivity index is 3.23. The van der Waals surface area contributed by atoms with Gasteiger partial charge in [0, 0.05) is 5.75 Å². The number of hydrogen-bond donors (Lipinski definition) is 1. The summed E-state index contributed by atoms with van der Waals surface area (Å²) in [7, 11) is 0. The van der Waals surface area contributed by atoms with Gasteiger partial charge in [-0.25, -0.2) is 0 Å². The molecule has 7 heavy (non-hydrogen) atoms. The summed E-state index contributed by atoms with van der Waals surface area (Å²) < 4.78 is 0. The topological polar surface area (TPSA) is 23.8 Å². The Morgan fingerprint density at radius 2 is 2.43 bits per heavy atom. The first kappa shape index (κ1) is 6.84. The molecular weight excluding hydrogens is 106 g/mol. The Morgan fingerprint density at radius 1 is 1.86 bits per heavy atom. The lowest BCUT2D eigenvalue weighted by molar-refractivity contribution is 0.726. The SMILES string of the molecule is CCC(C#N)CS. The van der Waals surface area contributed by atoms with E-state index in [9.17, 15) is 0 Å². The van der Waals surface area contributed by atoms with Gasteiger partial charge in [-0.2, -0.15) is 17.9 Å². The maximum Gasteiger partial charge on any atom is 0.0664 e. The van der Waals surface area contributed by atoms with Crippen LogP contribution in [0.2, 0.25) is 0 Å². The van der Waals surface area contributed by atoms with Gasteiger partial charge in [0.05, 0.1) is 12.0 Å². The van der Waals surface area contributed by atoms with Gasteiger partial charge in [-0.05, 0) is 6.42 Å². The van der Waals surface area contributed by atoms with Crippen molar-refractivity contribution in [2.45, 2.75) is 13.3 Å². The first-order chi connectivity index (χ1) is 3.35. The van der Waals surface area contributed by atoms with Gasteiger partial charge in [0.15, 0.2) is 0 Å². The summed E-state index contributed by atoms with van der Waals surface area (Å²) in [5.41, 5.74) is 0. The summed E-state index contributed by atoms with van der Waals surface area (Å²) >= 11 is 3.95. The lowest BCUT2D eigenvalue weighted by Gasteiger charge is -1.94. The molecule has 2 heteroatoms. The smallest absolute Gasteiger partial charge is 0.0664 e. The third kappa shape index (κ3) is 2.52. The van der Waals surface area contributed by atoms with Crippen LogP contribution in [-0.2, 0) is 0 Å². The van der Waals surface area contributed by atoms with Crippen LogP contribution in [0.25, 0.3) is 0 Å². The predicted octanol–water partition coefficient (Wildman–Crippen LogP) is 1.47. The zero-order valence-corrected chi connectivity index (χ0v) is 5.28. The van der Waals surface area contributed by atoms with Gasteiger partial charge >= 0.3 is 0 Å². The standard InChI is InChI=1S/C5H9NS/c1-2-5(3-6)4-7/h5,7H,2,4H2,1H3. The van der Waals surface area contributed by atoms with Crippen molar-refractivity contribution in [1.82, 2.24) is 0 Å². The van der Waals surface area contributed by atoms with Crippen LogP contribution in [0.5, 0.6) is 0 Å². The second kappa shape index (κ2) is 4.01. The van der Waals surface area contributed by atoms with Crippen molar-refractivity contribution in [1.29, 1.82) is 5.26 Å². The number of nitrogens with zero attached hydrogens (tertiary/aromatic N) is 1. The second-order valence-electron chi connectivity index (χ2n) is 1.42.